The summed E-state index contributed by atoms with van der Waals surface area (Å²) in [6, 6.07) is 11.2. The Balaban J connectivity index is 2.59. The fourth-order valence-electron chi connectivity index (χ4n) is 2.30. The van der Waals surface area contributed by atoms with Gasteiger partial charge in [-0.3, -0.25) is 0 Å². The Morgan fingerprint density at radius 1 is 1.11 bits per heavy atom. The second kappa shape index (κ2) is 3.88. The van der Waals surface area contributed by atoms with E-state index < -0.39 is 0 Å². The number of aryl methyl sites for hydroxylation is 1. The molecular weight excluding hydrogens is 228 g/mol. The van der Waals surface area contributed by atoms with Crippen LogP contribution in [-0.4, -0.2) is 7.11 Å². The number of hydrogen-bond acceptors (Lipinski definition) is 3. The number of benzene rings is 2. The van der Waals surface area contributed by atoms with Gasteiger partial charge in [0.05, 0.1) is 12.5 Å². The lowest BCUT2D eigenvalue weighted by Crippen LogP contribution is -2.00. The van der Waals surface area contributed by atoms with Crippen molar-refractivity contribution in [2.45, 2.75) is 6.92 Å². The Bertz CT molecular complexity index is 800. The monoisotopic (exact) mass is 240 g/mol. The molecule has 1 heterocycles. The second-order valence-corrected chi connectivity index (χ2v) is 4.25. The third-order valence-electron chi connectivity index (χ3n) is 3.13. The Kier molecular flexibility index (Phi) is 2.33. The highest BCUT2D eigenvalue weighted by atomic mass is 16.5. The summed E-state index contributed by atoms with van der Waals surface area (Å²) in [5, 5.41) is 2.49. The summed E-state index contributed by atoms with van der Waals surface area (Å²) < 4.78 is 10.6. The largest absolute Gasteiger partial charge is 0.497 e. The molecule has 0 saturated carbocycles. The molecule has 0 atom stereocenters. The van der Waals surface area contributed by atoms with Crippen LogP contribution in [0.15, 0.2) is 45.6 Å². The van der Waals surface area contributed by atoms with Gasteiger partial charge in [0.2, 0.25) is 0 Å². The number of methoxy groups -OCH3 is 1. The van der Waals surface area contributed by atoms with E-state index in [2.05, 4.69) is 0 Å². The first-order valence-electron chi connectivity index (χ1n) is 5.71. The van der Waals surface area contributed by atoms with Crippen LogP contribution in [0.3, 0.4) is 0 Å². The fourth-order valence-corrected chi connectivity index (χ4v) is 2.30. The van der Waals surface area contributed by atoms with Crippen molar-refractivity contribution >= 4 is 21.7 Å². The highest BCUT2D eigenvalue weighted by Gasteiger charge is 2.10. The van der Waals surface area contributed by atoms with Gasteiger partial charge in [-0.2, -0.15) is 0 Å². The lowest BCUT2D eigenvalue weighted by molar-refractivity contribution is 0.414. The van der Waals surface area contributed by atoms with E-state index in [0.717, 1.165) is 16.3 Å². The number of ether oxygens (including phenoxy) is 1. The summed E-state index contributed by atoms with van der Waals surface area (Å²) in [6.45, 7) is 1.98. The molecule has 0 aliphatic rings. The van der Waals surface area contributed by atoms with E-state index >= 15 is 0 Å². The van der Waals surface area contributed by atoms with E-state index in [4.69, 9.17) is 9.15 Å². The van der Waals surface area contributed by atoms with Gasteiger partial charge in [0.25, 0.3) is 0 Å². The van der Waals surface area contributed by atoms with Crippen LogP contribution in [0.5, 0.6) is 5.75 Å². The molecule has 0 unspecified atom stereocenters. The van der Waals surface area contributed by atoms with E-state index in [0.29, 0.717) is 16.7 Å². The van der Waals surface area contributed by atoms with Crippen LogP contribution < -0.4 is 10.4 Å². The summed E-state index contributed by atoms with van der Waals surface area (Å²) in [4.78, 5) is 11.9. The van der Waals surface area contributed by atoms with Gasteiger partial charge < -0.3 is 9.15 Å². The molecule has 2 aromatic carbocycles. The quantitative estimate of drug-likeness (QED) is 0.484. The molecule has 3 aromatic rings. The van der Waals surface area contributed by atoms with Crippen molar-refractivity contribution in [2.75, 3.05) is 7.11 Å². The minimum absolute atomic E-state index is 0.314. The lowest BCUT2D eigenvalue weighted by atomic mass is 10.0. The molecule has 90 valence electrons. The van der Waals surface area contributed by atoms with Gasteiger partial charge in [0.1, 0.15) is 11.3 Å². The first-order chi connectivity index (χ1) is 8.70. The normalized spacial score (nSPS) is 11.0. The van der Waals surface area contributed by atoms with Crippen LogP contribution in [0.4, 0.5) is 0 Å². The topological polar surface area (TPSA) is 39.4 Å². The summed E-state index contributed by atoms with van der Waals surface area (Å²) in [7, 11) is 1.60. The first kappa shape index (κ1) is 10.8. The summed E-state index contributed by atoms with van der Waals surface area (Å²) in [5.41, 5.74) is 1.28. The molecule has 0 amide bonds. The van der Waals surface area contributed by atoms with E-state index in [-0.39, 0.29) is 5.63 Å². The van der Waals surface area contributed by atoms with Crippen LogP contribution in [0.25, 0.3) is 21.7 Å². The molecule has 0 N–H and O–H groups in total. The average Bonchev–Trinajstić information content (AvgIpc) is 2.38. The number of hydrogen-bond donors (Lipinski definition) is 0. The van der Waals surface area contributed by atoms with E-state index in [1.165, 1.54) is 0 Å². The molecular formula is C15H12O3. The average molecular weight is 240 g/mol. The molecule has 0 saturated heterocycles. The molecule has 3 nitrogen and oxygen atoms in total. The minimum Gasteiger partial charge on any atom is -0.497 e. The Morgan fingerprint density at radius 2 is 1.83 bits per heavy atom. The Hall–Kier alpha value is -2.29. The molecule has 0 bridgehead atoms. The van der Waals surface area contributed by atoms with Crippen molar-refractivity contribution < 1.29 is 9.15 Å². The molecule has 0 aliphatic carbocycles. The van der Waals surface area contributed by atoms with Crippen molar-refractivity contribution in [3.63, 3.8) is 0 Å². The molecule has 0 radical (unpaired) electrons. The molecule has 0 fully saturated rings. The van der Waals surface area contributed by atoms with Crippen molar-refractivity contribution in [2.24, 2.45) is 0 Å². The Labute approximate surface area is 104 Å². The van der Waals surface area contributed by atoms with E-state index in [1.54, 1.807) is 19.2 Å². The maximum absolute atomic E-state index is 11.9. The fraction of sp³-hybridized carbons (Fsp3) is 0.133. The van der Waals surface area contributed by atoms with Gasteiger partial charge in [-0.15, -0.1) is 0 Å². The summed E-state index contributed by atoms with van der Waals surface area (Å²) >= 11 is 0. The van der Waals surface area contributed by atoms with Crippen LogP contribution in [-0.2, 0) is 0 Å². The summed E-state index contributed by atoms with van der Waals surface area (Å²) in [6.07, 6.45) is 0. The van der Waals surface area contributed by atoms with E-state index in [1.807, 2.05) is 31.2 Å². The van der Waals surface area contributed by atoms with Crippen molar-refractivity contribution in [1.82, 2.24) is 0 Å². The van der Waals surface area contributed by atoms with Crippen molar-refractivity contribution in [3.8, 4) is 5.75 Å². The lowest BCUT2D eigenvalue weighted by Gasteiger charge is -2.07. The molecule has 3 rings (SSSR count). The first-order valence-corrected chi connectivity index (χ1v) is 5.71. The van der Waals surface area contributed by atoms with Gasteiger partial charge in [-0.05, 0) is 24.6 Å². The zero-order valence-corrected chi connectivity index (χ0v) is 10.2. The minimum atomic E-state index is -0.314. The standard InChI is InChI=1S/C15H12O3/c1-9-7-10(17-2)8-13-14(9)11-5-3-4-6-12(11)15(16)18-13/h3-8H,1-2H3. The predicted molar refractivity (Wildman–Crippen MR) is 71.3 cm³/mol. The van der Waals surface area contributed by atoms with Crippen LogP contribution in [0.2, 0.25) is 0 Å². The molecule has 0 aliphatic heterocycles. The zero-order chi connectivity index (χ0) is 12.7. The molecule has 18 heavy (non-hydrogen) atoms. The smallest absolute Gasteiger partial charge is 0.344 e. The molecule has 1 aromatic heterocycles. The van der Waals surface area contributed by atoms with Gasteiger partial charge in [0, 0.05) is 16.8 Å². The van der Waals surface area contributed by atoms with Gasteiger partial charge in [-0.1, -0.05) is 18.2 Å². The third kappa shape index (κ3) is 1.48. The van der Waals surface area contributed by atoms with Crippen LogP contribution >= 0.6 is 0 Å². The zero-order valence-electron chi connectivity index (χ0n) is 10.2. The van der Waals surface area contributed by atoms with E-state index in [9.17, 15) is 4.79 Å². The Morgan fingerprint density at radius 3 is 2.56 bits per heavy atom. The highest BCUT2D eigenvalue weighted by Crippen LogP contribution is 2.29. The number of fused-ring (bicyclic) bond motifs is 3. The summed E-state index contributed by atoms with van der Waals surface area (Å²) in [5.74, 6) is 0.693. The second-order valence-electron chi connectivity index (χ2n) is 4.25. The van der Waals surface area contributed by atoms with Gasteiger partial charge in [-0.25, -0.2) is 4.79 Å². The predicted octanol–water partition coefficient (Wildman–Crippen LogP) is 3.26. The molecule has 0 spiro atoms. The number of rotatable bonds is 1. The van der Waals surface area contributed by atoms with Crippen molar-refractivity contribution in [3.05, 3.63) is 52.4 Å². The van der Waals surface area contributed by atoms with Crippen LogP contribution in [0.1, 0.15) is 5.56 Å². The SMILES string of the molecule is COc1cc(C)c2c(c1)oc(=O)c1ccccc12. The van der Waals surface area contributed by atoms with Crippen molar-refractivity contribution in [1.29, 1.82) is 0 Å². The van der Waals surface area contributed by atoms with Gasteiger partial charge >= 0.3 is 5.63 Å². The third-order valence-corrected chi connectivity index (χ3v) is 3.13. The van der Waals surface area contributed by atoms with Gasteiger partial charge in [0.15, 0.2) is 0 Å². The highest BCUT2D eigenvalue weighted by molar-refractivity contribution is 6.06. The maximum Gasteiger partial charge on any atom is 0.344 e. The van der Waals surface area contributed by atoms with Crippen LogP contribution in [0, 0.1) is 6.92 Å². The maximum atomic E-state index is 11.9. The molecule has 3 heteroatoms.